The maximum absolute atomic E-state index is 12.7. The van der Waals surface area contributed by atoms with Gasteiger partial charge < -0.3 is 9.30 Å². The van der Waals surface area contributed by atoms with Gasteiger partial charge in [-0.1, -0.05) is 101 Å². The summed E-state index contributed by atoms with van der Waals surface area (Å²) in [6, 6.07) is 8.31. The quantitative estimate of drug-likeness (QED) is 0.154. The molecule has 0 saturated heterocycles. The smallest absolute Gasteiger partial charge is 0.323 e. The van der Waals surface area contributed by atoms with Gasteiger partial charge in [-0.2, -0.15) is 0 Å². The number of esters is 1. The number of carbonyl (C=O) groups is 1. The minimum Gasteiger partial charge on any atom is -0.468 e. The van der Waals surface area contributed by atoms with Gasteiger partial charge in [0, 0.05) is 18.9 Å². The van der Waals surface area contributed by atoms with Crippen LogP contribution >= 0.6 is 11.8 Å². The van der Waals surface area contributed by atoms with Crippen molar-refractivity contribution in [1.29, 1.82) is 0 Å². The number of unbranched alkanes of at least 4 members (excludes halogenated alkanes) is 9. The molecule has 0 saturated carbocycles. The highest BCUT2D eigenvalue weighted by molar-refractivity contribution is 8.00. The summed E-state index contributed by atoms with van der Waals surface area (Å²) in [7, 11) is 1.47. The summed E-state index contributed by atoms with van der Waals surface area (Å²) in [5, 5.41) is 0.462. The first-order valence-electron chi connectivity index (χ1n) is 12.0. The number of rotatable bonds is 16. The van der Waals surface area contributed by atoms with E-state index in [2.05, 4.69) is 41.6 Å². The van der Waals surface area contributed by atoms with E-state index in [1.165, 1.54) is 82.2 Å². The highest BCUT2D eigenvalue weighted by Crippen LogP contribution is 2.37. The molecular formula is C26H40N2O2S. The molecule has 1 atom stereocenters. The first-order chi connectivity index (χ1) is 15.2. The molecule has 5 heteroatoms. The lowest BCUT2D eigenvalue weighted by Crippen LogP contribution is -2.14. The van der Waals surface area contributed by atoms with Crippen LogP contribution in [0, 0.1) is 0 Å². The minimum atomic E-state index is -0.392. The molecule has 0 radical (unpaired) electrons. The molecule has 2 aromatic rings. The Morgan fingerprint density at radius 1 is 1.00 bits per heavy atom. The van der Waals surface area contributed by atoms with Gasteiger partial charge in [-0.25, -0.2) is 4.98 Å². The van der Waals surface area contributed by atoms with Crippen LogP contribution in [0.2, 0.25) is 0 Å². The van der Waals surface area contributed by atoms with Crippen LogP contribution in [0.1, 0.15) is 94.4 Å². The van der Waals surface area contributed by atoms with Crippen molar-refractivity contribution in [3.8, 4) is 0 Å². The predicted molar refractivity (Wildman–Crippen MR) is 131 cm³/mol. The Bertz CT molecular complexity index is 759. The second kappa shape index (κ2) is 15.1. The molecule has 0 N–H and O–H groups in total. The molecule has 0 aliphatic carbocycles. The number of imidazole rings is 1. The summed E-state index contributed by atoms with van der Waals surface area (Å²) >= 11 is 1.48. The van der Waals surface area contributed by atoms with E-state index in [0.29, 0.717) is 0 Å². The molecule has 0 aliphatic heterocycles. The second-order valence-electron chi connectivity index (χ2n) is 8.15. The van der Waals surface area contributed by atoms with Crippen LogP contribution in [0.25, 0.3) is 0 Å². The van der Waals surface area contributed by atoms with Crippen molar-refractivity contribution in [3.05, 3.63) is 47.8 Å². The van der Waals surface area contributed by atoms with Gasteiger partial charge >= 0.3 is 5.97 Å². The number of benzene rings is 1. The third kappa shape index (κ3) is 8.72. The van der Waals surface area contributed by atoms with Crippen molar-refractivity contribution in [1.82, 2.24) is 9.55 Å². The first-order valence-corrected chi connectivity index (χ1v) is 12.9. The largest absolute Gasteiger partial charge is 0.468 e. The SMILES string of the molecule is CCCCCCCCCCCCc1ccccc1C(Sc1nccn1CC)C(=O)OC. The molecule has 0 spiro atoms. The number of aryl methyl sites for hydroxylation is 2. The van der Waals surface area contributed by atoms with E-state index in [0.717, 1.165) is 30.1 Å². The van der Waals surface area contributed by atoms with E-state index < -0.39 is 5.25 Å². The molecule has 0 bridgehead atoms. The fraction of sp³-hybridized carbons (Fsp3) is 0.615. The van der Waals surface area contributed by atoms with Crippen LogP contribution < -0.4 is 0 Å². The third-order valence-corrected chi connectivity index (χ3v) is 7.03. The molecule has 1 aromatic heterocycles. The first kappa shape index (κ1) is 25.5. The number of hydrogen-bond acceptors (Lipinski definition) is 4. The van der Waals surface area contributed by atoms with Crippen molar-refractivity contribution in [2.24, 2.45) is 0 Å². The monoisotopic (exact) mass is 444 g/mol. The van der Waals surface area contributed by atoms with Crippen molar-refractivity contribution in [2.45, 2.75) is 101 Å². The highest BCUT2D eigenvalue weighted by Gasteiger charge is 2.26. The minimum absolute atomic E-state index is 0.217. The second-order valence-corrected chi connectivity index (χ2v) is 9.22. The zero-order valence-electron chi connectivity index (χ0n) is 19.6. The Labute approximate surface area is 193 Å². The number of thioether (sulfide) groups is 1. The molecule has 1 aromatic carbocycles. The molecule has 0 aliphatic rings. The fourth-order valence-electron chi connectivity index (χ4n) is 3.93. The van der Waals surface area contributed by atoms with E-state index in [4.69, 9.17) is 4.74 Å². The van der Waals surface area contributed by atoms with Crippen molar-refractivity contribution < 1.29 is 9.53 Å². The number of carbonyl (C=O) groups excluding carboxylic acids is 1. The molecular weight excluding hydrogens is 404 g/mol. The van der Waals surface area contributed by atoms with E-state index >= 15 is 0 Å². The molecule has 1 heterocycles. The Hall–Kier alpha value is -1.75. The van der Waals surface area contributed by atoms with Gasteiger partial charge in [-0.15, -0.1) is 0 Å². The van der Waals surface area contributed by atoms with Crippen LogP contribution in [0.4, 0.5) is 0 Å². The zero-order valence-corrected chi connectivity index (χ0v) is 20.5. The van der Waals surface area contributed by atoms with Crippen LogP contribution in [-0.4, -0.2) is 22.6 Å². The standard InChI is InChI=1S/C26H40N2O2S/c1-4-6-7-8-9-10-11-12-13-14-17-22-18-15-16-19-23(22)24(25(29)30-3)31-26-27-20-21-28(26)5-2/h15-16,18-21,24H,4-14,17H2,1-3H3. The van der Waals surface area contributed by atoms with Gasteiger partial charge in [0.25, 0.3) is 0 Å². The average Bonchev–Trinajstić information content (AvgIpc) is 3.26. The summed E-state index contributed by atoms with van der Waals surface area (Å²) in [5.74, 6) is -0.217. The summed E-state index contributed by atoms with van der Waals surface area (Å²) in [5.41, 5.74) is 2.31. The Balaban J connectivity index is 1.89. The van der Waals surface area contributed by atoms with Gasteiger partial charge in [0.2, 0.25) is 0 Å². The molecule has 0 fully saturated rings. The number of hydrogen-bond donors (Lipinski definition) is 0. The molecule has 0 amide bonds. The van der Waals surface area contributed by atoms with Crippen molar-refractivity contribution >= 4 is 17.7 Å². The highest BCUT2D eigenvalue weighted by atomic mass is 32.2. The molecule has 172 valence electrons. The lowest BCUT2D eigenvalue weighted by Gasteiger charge is -2.18. The fourth-order valence-corrected chi connectivity index (χ4v) is 5.13. The zero-order chi connectivity index (χ0) is 22.3. The van der Waals surface area contributed by atoms with Crippen LogP contribution in [-0.2, 0) is 22.5 Å². The summed E-state index contributed by atoms with van der Waals surface area (Å²) in [6.07, 6.45) is 18.0. The topological polar surface area (TPSA) is 44.1 Å². The lowest BCUT2D eigenvalue weighted by molar-refractivity contribution is -0.140. The Kier molecular flexibility index (Phi) is 12.4. The number of ether oxygens (including phenoxy) is 1. The van der Waals surface area contributed by atoms with Crippen molar-refractivity contribution in [2.75, 3.05) is 7.11 Å². The van der Waals surface area contributed by atoms with Gasteiger partial charge in [-0.05, 0) is 30.9 Å². The molecule has 2 rings (SSSR count). The summed E-state index contributed by atoms with van der Waals surface area (Å²) < 4.78 is 7.21. The molecule has 31 heavy (non-hydrogen) atoms. The third-order valence-electron chi connectivity index (χ3n) is 5.79. The van der Waals surface area contributed by atoms with Gasteiger partial charge in [0.15, 0.2) is 5.16 Å². The number of aromatic nitrogens is 2. The van der Waals surface area contributed by atoms with Crippen molar-refractivity contribution in [3.63, 3.8) is 0 Å². The van der Waals surface area contributed by atoms with E-state index in [1.807, 2.05) is 12.3 Å². The number of nitrogens with zero attached hydrogens (tertiary/aromatic N) is 2. The average molecular weight is 445 g/mol. The Morgan fingerprint density at radius 3 is 2.29 bits per heavy atom. The van der Waals surface area contributed by atoms with E-state index in [-0.39, 0.29) is 5.97 Å². The lowest BCUT2D eigenvalue weighted by atomic mass is 9.98. The van der Waals surface area contributed by atoms with Crippen LogP contribution in [0.15, 0.2) is 41.8 Å². The van der Waals surface area contributed by atoms with Crippen LogP contribution in [0.3, 0.4) is 0 Å². The van der Waals surface area contributed by atoms with Crippen LogP contribution in [0.5, 0.6) is 0 Å². The maximum atomic E-state index is 12.7. The molecule has 1 unspecified atom stereocenters. The van der Waals surface area contributed by atoms with E-state index in [9.17, 15) is 4.79 Å². The van der Waals surface area contributed by atoms with Gasteiger partial charge in [0.05, 0.1) is 7.11 Å². The Morgan fingerprint density at radius 2 is 1.65 bits per heavy atom. The predicted octanol–water partition coefficient (Wildman–Crippen LogP) is 7.37. The summed E-state index contributed by atoms with van der Waals surface area (Å²) in [6.45, 7) is 5.18. The van der Waals surface area contributed by atoms with Gasteiger partial charge in [-0.3, -0.25) is 4.79 Å². The van der Waals surface area contributed by atoms with Gasteiger partial charge in [0.1, 0.15) is 5.25 Å². The van der Waals surface area contributed by atoms with E-state index in [1.54, 1.807) is 6.20 Å². The maximum Gasteiger partial charge on any atom is 0.323 e. The number of methoxy groups -OCH3 is 1. The summed E-state index contributed by atoms with van der Waals surface area (Å²) in [4.78, 5) is 17.1. The normalized spacial score (nSPS) is 12.1. The molecule has 4 nitrogen and oxygen atoms in total.